The second-order valence-electron chi connectivity index (χ2n) is 4.43. The van der Waals surface area contributed by atoms with Gasteiger partial charge >= 0.3 is 5.30 Å². The summed E-state index contributed by atoms with van der Waals surface area (Å²) in [6.07, 6.45) is 0.805. The molecule has 0 fully saturated rings. The maximum Gasteiger partial charge on any atom is 0.364 e. The first-order chi connectivity index (χ1) is 6.81. The van der Waals surface area contributed by atoms with Gasteiger partial charge in [-0.1, -0.05) is 40.0 Å². The SMILES string of the molecule is C=C=C(C)C(C)C(C)(C)CCOC(=O)S. The van der Waals surface area contributed by atoms with Gasteiger partial charge in [0.1, 0.15) is 0 Å². The molecule has 0 saturated heterocycles. The van der Waals surface area contributed by atoms with Crippen molar-refractivity contribution in [1.82, 2.24) is 0 Å². The van der Waals surface area contributed by atoms with Crippen LogP contribution in [0.5, 0.6) is 0 Å². The molecule has 1 atom stereocenters. The number of ether oxygens (including phenoxy) is 1. The van der Waals surface area contributed by atoms with E-state index in [1.54, 1.807) is 0 Å². The Labute approximate surface area is 97.8 Å². The van der Waals surface area contributed by atoms with Crippen molar-refractivity contribution in [3.63, 3.8) is 0 Å². The van der Waals surface area contributed by atoms with Gasteiger partial charge in [-0.05, 0) is 30.3 Å². The van der Waals surface area contributed by atoms with Gasteiger partial charge in [0.15, 0.2) is 0 Å². The highest BCUT2D eigenvalue weighted by Crippen LogP contribution is 2.34. The van der Waals surface area contributed by atoms with E-state index in [1.807, 2.05) is 6.92 Å². The van der Waals surface area contributed by atoms with Crippen molar-refractivity contribution in [2.24, 2.45) is 11.3 Å². The Hall–Kier alpha value is -0.660. The van der Waals surface area contributed by atoms with Crippen LogP contribution in [0.4, 0.5) is 4.79 Å². The van der Waals surface area contributed by atoms with Gasteiger partial charge in [0, 0.05) is 0 Å². The molecule has 0 heterocycles. The fraction of sp³-hybridized carbons (Fsp3) is 0.667. The molecule has 2 nitrogen and oxygen atoms in total. The molecule has 86 valence electrons. The van der Waals surface area contributed by atoms with Crippen LogP contribution in [0, 0.1) is 11.3 Å². The molecule has 0 aromatic rings. The number of carbonyl (C=O) groups excluding carboxylic acids is 1. The van der Waals surface area contributed by atoms with Crippen LogP contribution < -0.4 is 0 Å². The lowest BCUT2D eigenvalue weighted by Crippen LogP contribution is -2.24. The van der Waals surface area contributed by atoms with Crippen LogP contribution in [-0.2, 0) is 4.74 Å². The van der Waals surface area contributed by atoms with Crippen LogP contribution >= 0.6 is 12.6 Å². The van der Waals surface area contributed by atoms with Crippen molar-refractivity contribution < 1.29 is 9.53 Å². The van der Waals surface area contributed by atoms with Gasteiger partial charge in [-0.15, -0.1) is 5.73 Å². The van der Waals surface area contributed by atoms with E-state index in [0.717, 1.165) is 12.0 Å². The Morgan fingerprint density at radius 3 is 2.53 bits per heavy atom. The zero-order valence-electron chi connectivity index (χ0n) is 9.96. The second kappa shape index (κ2) is 6.04. The molecule has 15 heavy (non-hydrogen) atoms. The molecule has 0 amide bonds. The minimum atomic E-state index is -0.519. The lowest BCUT2D eigenvalue weighted by molar-refractivity contribution is 0.138. The quantitative estimate of drug-likeness (QED) is 0.439. The van der Waals surface area contributed by atoms with Crippen LogP contribution in [0.1, 0.15) is 34.1 Å². The van der Waals surface area contributed by atoms with Crippen LogP contribution in [-0.4, -0.2) is 11.9 Å². The summed E-state index contributed by atoms with van der Waals surface area (Å²) >= 11 is 3.55. The third kappa shape index (κ3) is 5.10. The third-order valence-corrected chi connectivity index (χ3v) is 3.20. The normalized spacial score (nSPS) is 12.9. The molecule has 1 unspecified atom stereocenters. The van der Waals surface area contributed by atoms with Crippen LogP contribution in [0.3, 0.4) is 0 Å². The Morgan fingerprint density at radius 1 is 1.60 bits per heavy atom. The number of hydrogen-bond acceptors (Lipinski definition) is 2. The van der Waals surface area contributed by atoms with E-state index >= 15 is 0 Å². The fourth-order valence-electron chi connectivity index (χ4n) is 1.36. The van der Waals surface area contributed by atoms with Crippen LogP contribution in [0.2, 0.25) is 0 Å². The minimum absolute atomic E-state index is 0.0675. The smallest absolute Gasteiger partial charge is 0.364 e. The summed E-state index contributed by atoms with van der Waals surface area (Å²) in [5.41, 5.74) is 4.12. The highest BCUT2D eigenvalue weighted by atomic mass is 32.1. The van der Waals surface area contributed by atoms with Crippen molar-refractivity contribution in [1.29, 1.82) is 0 Å². The molecule has 0 radical (unpaired) electrons. The molecule has 0 N–H and O–H groups in total. The van der Waals surface area contributed by atoms with Crippen molar-refractivity contribution in [2.45, 2.75) is 34.1 Å². The van der Waals surface area contributed by atoms with E-state index in [9.17, 15) is 4.79 Å². The monoisotopic (exact) mass is 228 g/mol. The molecule has 3 heteroatoms. The Balaban J connectivity index is 4.28. The molecule has 0 aromatic heterocycles. The van der Waals surface area contributed by atoms with E-state index < -0.39 is 5.30 Å². The summed E-state index contributed by atoms with van der Waals surface area (Å²) < 4.78 is 4.82. The molecule has 0 aromatic carbocycles. The molecule has 0 bridgehead atoms. The highest BCUT2D eigenvalue weighted by molar-refractivity contribution is 7.96. The standard InChI is InChI=1S/C12H20O2S/c1-6-9(2)10(3)12(4,5)7-8-14-11(13)15/h10H,1,7-8H2,2-5H3,(H,13,15). The van der Waals surface area contributed by atoms with Gasteiger partial charge in [0.2, 0.25) is 0 Å². The molecular formula is C12H20O2S. The molecule has 0 aliphatic carbocycles. The Kier molecular flexibility index (Phi) is 5.77. The average Bonchev–Trinajstić information content (AvgIpc) is 2.14. The lowest BCUT2D eigenvalue weighted by atomic mass is 9.74. The predicted molar refractivity (Wildman–Crippen MR) is 66.2 cm³/mol. The summed E-state index contributed by atoms with van der Waals surface area (Å²) in [6, 6.07) is 0. The summed E-state index contributed by atoms with van der Waals surface area (Å²) in [4.78, 5) is 10.5. The second-order valence-corrected chi connectivity index (χ2v) is 4.80. The van der Waals surface area contributed by atoms with Crippen molar-refractivity contribution >= 4 is 17.9 Å². The Bertz CT molecular complexity index is 275. The summed E-state index contributed by atoms with van der Waals surface area (Å²) in [5.74, 6) is 0.369. The summed E-state index contributed by atoms with van der Waals surface area (Å²) in [7, 11) is 0. The zero-order valence-corrected chi connectivity index (χ0v) is 10.9. The van der Waals surface area contributed by atoms with Crippen molar-refractivity contribution in [2.75, 3.05) is 6.61 Å². The van der Waals surface area contributed by atoms with Gasteiger partial charge in [0.25, 0.3) is 0 Å². The fourth-order valence-corrected chi connectivity index (χ4v) is 1.45. The highest BCUT2D eigenvalue weighted by Gasteiger charge is 2.26. The number of carbonyl (C=O) groups is 1. The van der Waals surface area contributed by atoms with Crippen molar-refractivity contribution in [3.8, 4) is 0 Å². The van der Waals surface area contributed by atoms with Gasteiger partial charge in [0.05, 0.1) is 6.61 Å². The van der Waals surface area contributed by atoms with Crippen LogP contribution in [0.25, 0.3) is 0 Å². The maximum absolute atomic E-state index is 10.5. The first-order valence-electron chi connectivity index (χ1n) is 5.03. The molecule has 0 saturated carbocycles. The van der Waals surface area contributed by atoms with Gasteiger partial charge < -0.3 is 4.74 Å². The molecule has 0 spiro atoms. The van der Waals surface area contributed by atoms with E-state index in [2.05, 4.69) is 45.7 Å². The minimum Gasteiger partial charge on any atom is -0.458 e. The summed E-state index contributed by atoms with van der Waals surface area (Å²) in [6.45, 7) is 12.5. The first-order valence-corrected chi connectivity index (χ1v) is 5.48. The number of rotatable bonds is 5. The zero-order chi connectivity index (χ0) is 12.1. The van der Waals surface area contributed by atoms with E-state index in [1.165, 1.54) is 0 Å². The predicted octanol–water partition coefficient (Wildman–Crippen LogP) is 3.84. The maximum atomic E-state index is 10.5. The topological polar surface area (TPSA) is 26.3 Å². The van der Waals surface area contributed by atoms with Crippen LogP contribution in [0.15, 0.2) is 17.9 Å². The van der Waals surface area contributed by atoms with E-state index in [4.69, 9.17) is 4.74 Å². The number of allylic oxidation sites excluding steroid dienone is 1. The summed E-state index contributed by atoms with van der Waals surface area (Å²) in [5, 5.41) is -0.519. The van der Waals surface area contributed by atoms with Crippen molar-refractivity contribution in [3.05, 3.63) is 17.9 Å². The third-order valence-electron chi connectivity index (χ3n) is 3.07. The largest absolute Gasteiger partial charge is 0.458 e. The molecule has 0 aliphatic heterocycles. The van der Waals surface area contributed by atoms with Gasteiger partial charge in [-0.25, -0.2) is 4.79 Å². The molecule has 0 aliphatic rings. The number of thiol groups is 1. The average molecular weight is 228 g/mol. The number of hydrogen-bond donors (Lipinski definition) is 1. The first kappa shape index (κ1) is 14.3. The van der Waals surface area contributed by atoms with Gasteiger partial charge in [-0.2, -0.15) is 0 Å². The van der Waals surface area contributed by atoms with Gasteiger partial charge in [-0.3, -0.25) is 0 Å². The molecule has 0 rings (SSSR count). The Morgan fingerprint density at radius 2 is 2.13 bits per heavy atom. The van der Waals surface area contributed by atoms with E-state index in [-0.39, 0.29) is 5.41 Å². The molecular weight excluding hydrogens is 208 g/mol. The lowest BCUT2D eigenvalue weighted by Gasteiger charge is -2.31. The van der Waals surface area contributed by atoms with E-state index in [0.29, 0.717) is 12.5 Å².